The third-order valence-corrected chi connectivity index (χ3v) is 5.24. The fourth-order valence-electron chi connectivity index (χ4n) is 3.02. The van der Waals surface area contributed by atoms with Gasteiger partial charge in [0.15, 0.2) is 0 Å². The first kappa shape index (κ1) is 17.9. The van der Waals surface area contributed by atoms with E-state index in [9.17, 15) is 9.59 Å². The predicted octanol–water partition coefficient (Wildman–Crippen LogP) is 3.54. The molecule has 0 aliphatic carbocycles. The zero-order valence-corrected chi connectivity index (χ0v) is 15.9. The largest absolute Gasteiger partial charge is 0.495 e. The summed E-state index contributed by atoms with van der Waals surface area (Å²) in [5.74, 6) is -0.135. The van der Waals surface area contributed by atoms with Crippen LogP contribution in [0.5, 0.6) is 5.75 Å². The Morgan fingerprint density at radius 1 is 1.04 bits per heavy atom. The molecule has 0 saturated carbocycles. The molecule has 6 nitrogen and oxygen atoms in total. The smallest absolute Gasteiger partial charge is 0.278 e. The first-order valence-corrected chi connectivity index (χ1v) is 9.51. The SMILES string of the molecule is COc1ccccc1NC1=C(c2cccs2)C(=O)N(Cc2ccccn2)C1=O. The van der Waals surface area contributed by atoms with E-state index in [1.165, 1.54) is 16.2 Å². The van der Waals surface area contributed by atoms with E-state index < -0.39 is 0 Å². The number of nitrogens with one attached hydrogen (secondary N) is 1. The molecule has 3 heterocycles. The van der Waals surface area contributed by atoms with Crippen LogP contribution in [0.3, 0.4) is 0 Å². The van der Waals surface area contributed by atoms with E-state index >= 15 is 0 Å². The van der Waals surface area contributed by atoms with Crippen molar-refractivity contribution in [1.82, 2.24) is 9.88 Å². The number of methoxy groups -OCH3 is 1. The van der Waals surface area contributed by atoms with Gasteiger partial charge in [0.2, 0.25) is 0 Å². The molecule has 0 fully saturated rings. The molecule has 1 aliphatic heterocycles. The molecule has 1 N–H and O–H groups in total. The highest BCUT2D eigenvalue weighted by molar-refractivity contribution is 7.11. The lowest BCUT2D eigenvalue weighted by molar-refractivity contribution is -0.137. The van der Waals surface area contributed by atoms with Crippen LogP contribution in [0, 0.1) is 0 Å². The molecule has 2 amide bonds. The van der Waals surface area contributed by atoms with Crippen molar-refractivity contribution in [2.45, 2.75) is 6.54 Å². The number of ether oxygens (including phenoxy) is 1. The fraction of sp³-hybridized carbons (Fsp3) is 0.0952. The second kappa shape index (κ2) is 7.66. The van der Waals surface area contributed by atoms with Crippen molar-refractivity contribution in [3.05, 3.63) is 82.4 Å². The highest BCUT2D eigenvalue weighted by Gasteiger charge is 2.40. The Kier molecular flexibility index (Phi) is 4.90. The minimum Gasteiger partial charge on any atom is -0.495 e. The summed E-state index contributed by atoms with van der Waals surface area (Å²) in [6, 6.07) is 16.4. The fourth-order valence-corrected chi connectivity index (χ4v) is 3.79. The standard InChI is InChI=1S/C21H17N3O3S/c1-27-16-9-3-2-8-15(16)23-19-18(17-10-6-12-28-17)20(25)24(21(19)26)13-14-7-4-5-11-22-14/h2-12,23H,13H2,1H3. The lowest BCUT2D eigenvalue weighted by Gasteiger charge is -2.15. The molecule has 2 aromatic heterocycles. The molecule has 1 aliphatic rings. The highest BCUT2D eigenvalue weighted by Crippen LogP contribution is 2.35. The summed E-state index contributed by atoms with van der Waals surface area (Å²) in [6.07, 6.45) is 1.64. The van der Waals surface area contributed by atoms with Gasteiger partial charge in [-0.1, -0.05) is 24.3 Å². The van der Waals surface area contributed by atoms with Crippen LogP contribution in [0.2, 0.25) is 0 Å². The topological polar surface area (TPSA) is 71.5 Å². The Balaban J connectivity index is 1.73. The highest BCUT2D eigenvalue weighted by atomic mass is 32.1. The molecule has 0 spiro atoms. The monoisotopic (exact) mass is 391 g/mol. The number of rotatable bonds is 6. The maximum atomic E-state index is 13.2. The Bertz CT molecular complexity index is 1050. The van der Waals surface area contributed by atoms with Crippen LogP contribution in [0.4, 0.5) is 5.69 Å². The maximum Gasteiger partial charge on any atom is 0.278 e. The maximum absolute atomic E-state index is 13.2. The summed E-state index contributed by atoms with van der Waals surface area (Å²) in [7, 11) is 1.56. The van der Waals surface area contributed by atoms with Gasteiger partial charge in [-0.25, -0.2) is 0 Å². The summed E-state index contributed by atoms with van der Waals surface area (Å²) in [5, 5.41) is 5.00. The minimum atomic E-state index is -0.384. The number of carbonyl (C=O) groups excluding carboxylic acids is 2. The normalized spacial score (nSPS) is 14.0. The second-order valence-electron chi connectivity index (χ2n) is 6.07. The van der Waals surface area contributed by atoms with Gasteiger partial charge in [0.05, 0.1) is 30.6 Å². The number of benzene rings is 1. The molecule has 3 aromatic rings. The number of hydrogen-bond donors (Lipinski definition) is 1. The predicted molar refractivity (Wildman–Crippen MR) is 108 cm³/mol. The molecule has 0 radical (unpaired) electrons. The van der Waals surface area contributed by atoms with Crippen molar-refractivity contribution in [2.75, 3.05) is 12.4 Å². The number of aromatic nitrogens is 1. The van der Waals surface area contributed by atoms with E-state index in [0.29, 0.717) is 22.7 Å². The van der Waals surface area contributed by atoms with Gasteiger partial charge >= 0.3 is 0 Å². The van der Waals surface area contributed by atoms with Crippen LogP contribution in [-0.4, -0.2) is 28.8 Å². The van der Waals surface area contributed by atoms with Crippen molar-refractivity contribution in [3.63, 3.8) is 0 Å². The van der Waals surface area contributed by atoms with Gasteiger partial charge in [-0.2, -0.15) is 0 Å². The lowest BCUT2D eigenvalue weighted by atomic mass is 10.2. The van der Waals surface area contributed by atoms with E-state index in [4.69, 9.17) is 4.74 Å². The molecule has 4 rings (SSSR count). The number of nitrogens with zero attached hydrogens (tertiary/aromatic N) is 2. The number of carbonyl (C=O) groups is 2. The first-order chi connectivity index (χ1) is 13.7. The summed E-state index contributed by atoms with van der Waals surface area (Å²) in [5.41, 5.74) is 1.87. The number of imide groups is 1. The zero-order valence-electron chi connectivity index (χ0n) is 15.1. The van der Waals surface area contributed by atoms with E-state index in [-0.39, 0.29) is 24.1 Å². The molecular formula is C21H17N3O3S. The lowest BCUT2D eigenvalue weighted by Crippen LogP contribution is -2.32. The van der Waals surface area contributed by atoms with Gasteiger partial charge in [-0.05, 0) is 35.7 Å². The Labute approximate surface area is 166 Å². The third-order valence-electron chi connectivity index (χ3n) is 4.35. The molecule has 0 unspecified atom stereocenters. The number of anilines is 1. The number of amides is 2. The van der Waals surface area contributed by atoms with Crippen LogP contribution in [0.25, 0.3) is 5.57 Å². The average molecular weight is 391 g/mol. The number of hydrogen-bond acceptors (Lipinski definition) is 6. The van der Waals surface area contributed by atoms with Gasteiger partial charge in [0.1, 0.15) is 11.4 Å². The van der Waals surface area contributed by atoms with E-state index in [2.05, 4.69) is 10.3 Å². The van der Waals surface area contributed by atoms with Crippen molar-refractivity contribution < 1.29 is 14.3 Å². The summed E-state index contributed by atoms with van der Waals surface area (Å²) < 4.78 is 5.36. The first-order valence-electron chi connectivity index (χ1n) is 8.63. The molecule has 28 heavy (non-hydrogen) atoms. The van der Waals surface area contributed by atoms with E-state index in [1.807, 2.05) is 35.7 Å². The van der Waals surface area contributed by atoms with Gasteiger partial charge < -0.3 is 10.1 Å². The van der Waals surface area contributed by atoms with Gasteiger partial charge in [0.25, 0.3) is 11.8 Å². The van der Waals surface area contributed by atoms with Crippen LogP contribution in [0.1, 0.15) is 10.6 Å². The Hall–Kier alpha value is -3.45. The van der Waals surface area contributed by atoms with Crippen molar-refractivity contribution in [3.8, 4) is 5.75 Å². The summed E-state index contributed by atoms with van der Waals surface area (Å²) in [4.78, 5) is 32.5. The summed E-state index contributed by atoms with van der Waals surface area (Å²) in [6.45, 7) is 0.116. The van der Waals surface area contributed by atoms with E-state index in [1.54, 1.807) is 37.6 Å². The summed E-state index contributed by atoms with van der Waals surface area (Å²) >= 11 is 1.41. The average Bonchev–Trinajstić information content (AvgIpc) is 3.32. The van der Waals surface area contributed by atoms with Crippen molar-refractivity contribution in [1.29, 1.82) is 0 Å². The van der Waals surface area contributed by atoms with Gasteiger partial charge in [-0.15, -0.1) is 11.3 Å². The van der Waals surface area contributed by atoms with Gasteiger partial charge in [0, 0.05) is 11.1 Å². The third kappa shape index (κ3) is 3.27. The van der Waals surface area contributed by atoms with Crippen molar-refractivity contribution in [2.24, 2.45) is 0 Å². The molecule has 1 aromatic carbocycles. The van der Waals surface area contributed by atoms with Crippen LogP contribution < -0.4 is 10.1 Å². The quantitative estimate of drug-likeness (QED) is 0.651. The molecule has 0 saturated heterocycles. The molecular weight excluding hydrogens is 374 g/mol. The van der Waals surface area contributed by atoms with Crippen LogP contribution in [-0.2, 0) is 16.1 Å². The molecule has 140 valence electrons. The molecule has 7 heteroatoms. The number of pyridine rings is 1. The van der Waals surface area contributed by atoms with E-state index in [0.717, 1.165) is 4.88 Å². The van der Waals surface area contributed by atoms with Crippen LogP contribution in [0.15, 0.2) is 71.9 Å². The zero-order chi connectivity index (χ0) is 19.5. The number of para-hydroxylation sites is 2. The minimum absolute atomic E-state index is 0.116. The molecule has 0 bridgehead atoms. The van der Waals surface area contributed by atoms with Gasteiger partial charge in [-0.3, -0.25) is 19.5 Å². The van der Waals surface area contributed by atoms with Crippen LogP contribution >= 0.6 is 11.3 Å². The Morgan fingerprint density at radius 3 is 2.57 bits per heavy atom. The number of thiophene rings is 1. The van der Waals surface area contributed by atoms with Crippen molar-refractivity contribution >= 4 is 34.4 Å². The molecule has 0 atom stereocenters. The Morgan fingerprint density at radius 2 is 1.86 bits per heavy atom. The second-order valence-corrected chi connectivity index (χ2v) is 7.02.